The Labute approximate surface area is 75.6 Å². The van der Waals surface area contributed by atoms with Gasteiger partial charge in [0.25, 0.3) is 0 Å². The van der Waals surface area contributed by atoms with E-state index in [9.17, 15) is 0 Å². The molecule has 0 aromatic heterocycles. The van der Waals surface area contributed by atoms with Crippen LogP contribution < -0.4 is 5.19 Å². The van der Waals surface area contributed by atoms with Gasteiger partial charge in [0.15, 0.2) is 0 Å². The Morgan fingerprint density at radius 2 is 2.08 bits per heavy atom. The number of hydrogen-bond donors (Lipinski definition) is 0. The standard InChI is InChI=1S/C11H13Si/c1-5-10-8-6-7-9-11(10)12(2,3)4/h1,6-7,9H,2-4H3. The molecule has 0 N–H and O–H groups in total. The maximum atomic E-state index is 5.39. The molecule has 0 aliphatic rings. The largest absolute Gasteiger partial charge is 0.115 e. The molecule has 1 aromatic carbocycles. The van der Waals surface area contributed by atoms with E-state index in [4.69, 9.17) is 6.42 Å². The minimum atomic E-state index is -1.27. The molecule has 1 aromatic rings. The lowest BCUT2D eigenvalue weighted by Gasteiger charge is -2.17. The Morgan fingerprint density at radius 3 is 2.50 bits per heavy atom. The van der Waals surface area contributed by atoms with Crippen LogP contribution in [0.3, 0.4) is 0 Å². The van der Waals surface area contributed by atoms with Crippen LogP contribution in [0.1, 0.15) is 5.56 Å². The molecule has 0 heterocycles. The zero-order valence-corrected chi connectivity index (χ0v) is 8.81. The average Bonchev–Trinajstić information content (AvgIpc) is 2.03. The highest BCUT2D eigenvalue weighted by Crippen LogP contribution is 2.05. The fourth-order valence-corrected chi connectivity index (χ4v) is 2.67. The van der Waals surface area contributed by atoms with E-state index in [1.54, 1.807) is 0 Å². The third-order valence-electron chi connectivity index (χ3n) is 1.81. The van der Waals surface area contributed by atoms with Crippen LogP contribution >= 0.6 is 0 Å². The number of hydrogen-bond acceptors (Lipinski definition) is 0. The van der Waals surface area contributed by atoms with Crippen molar-refractivity contribution in [2.24, 2.45) is 0 Å². The SMILES string of the molecule is C#Cc1[c]cccc1[Si](C)(C)C. The monoisotopic (exact) mass is 173 g/mol. The average molecular weight is 173 g/mol. The lowest BCUT2D eigenvalue weighted by atomic mass is 10.2. The fourth-order valence-electron chi connectivity index (χ4n) is 1.18. The number of rotatable bonds is 1. The van der Waals surface area contributed by atoms with Crippen molar-refractivity contribution in [1.82, 2.24) is 0 Å². The molecule has 0 nitrogen and oxygen atoms in total. The molecule has 0 atom stereocenters. The Kier molecular flexibility index (Phi) is 2.39. The molecule has 0 aliphatic heterocycles. The zero-order valence-electron chi connectivity index (χ0n) is 7.81. The van der Waals surface area contributed by atoms with E-state index in [2.05, 4.69) is 37.7 Å². The van der Waals surface area contributed by atoms with Gasteiger partial charge in [-0.15, -0.1) is 6.42 Å². The van der Waals surface area contributed by atoms with Gasteiger partial charge >= 0.3 is 0 Å². The van der Waals surface area contributed by atoms with Gasteiger partial charge in [-0.3, -0.25) is 0 Å². The van der Waals surface area contributed by atoms with Crippen LogP contribution in [-0.2, 0) is 0 Å². The predicted octanol–water partition coefficient (Wildman–Crippen LogP) is 2.01. The summed E-state index contributed by atoms with van der Waals surface area (Å²) in [5.74, 6) is 2.68. The first-order chi connectivity index (χ1) is 5.55. The van der Waals surface area contributed by atoms with Gasteiger partial charge in [0.05, 0.1) is 8.07 Å². The first-order valence-electron chi connectivity index (χ1n) is 4.03. The molecule has 1 heteroatoms. The summed E-state index contributed by atoms with van der Waals surface area (Å²) in [5, 5.41) is 1.33. The van der Waals surface area contributed by atoms with E-state index in [-0.39, 0.29) is 0 Å². The van der Waals surface area contributed by atoms with E-state index in [0.717, 1.165) is 5.56 Å². The molecule has 0 fully saturated rings. The Hall–Kier alpha value is -1.00. The number of benzene rings is 1. The van der Waals surface area contributed by atoms with Gasteiger partial charge in [-0.25, -0.2) is 0 Å². The minimum absolute atomic E-state index is 0.941. The molecule has 0 bridgehead atoms. The fraction of sp³-hybridized carbons (Fsp3) is 0.273. The molecule has 1 radical (unpaired) electrons. The summed E-state index contributed by atoms with van der Waals surface area (Å²) in [6.07, 6.45) is 5.39. The predicted molar refractivity (Wildman–Crippen MR) is 56.2 cm³/mol. The van der Waals surface area contributed by atoms with Crippen LogP contribution in [0.4, 0.5) is 0 Å². The van der Waals surface area contributed by atoms with Crippen molar-refractivity contribution >= 4 is 13.3 Å². The molecule has 61 valence electrons. The summed E-state index contributed by atoms with van der Waals surface area (Å²) in [6.45, 7) is 6.87. The summed E-state index contributed by atoms with van der Waals surface area (Å²) in [6, 6.07) is 9.10. The molecule has 0 spiro atoms. The Morgan fingerprint density at radius 1 is 1.42 bits per heavy atom. The van der Waals surface area contributed by atoms with Crippen LogP contribution in [0.15, 0.2) is 18.2 Å². The molecule has 12 heavy (non-hydrogen) atoms. The van der Waals surface area contributed by atoms with Gasteiger partial charge in [0.1, 0.15) is 0 Å². The second kappa shape index (κ2) is 3.16. The van der Waals surface area contributed by atoms with E-state index in [0.29, 0.717) is 0 Å². The van der Waals surface area contributed by atoms with Gasteiger partial charge in [0, 0.05) is 5.56 Å². The van der Waals surface area contributed by atoms with Crippen LogP contribution in [0.5, 0.6) is 0 Å². The van der Waals surface area contributed by atoms with Gasteiger partial charge in [-0.2, -0.15) is 0 Å². The van der Waals surface area contributed by atoms with E-state index in [1.165, 1.54) is 5.19 Å². The van der Waals surface area contributed by atoms with Crippen LogP contribution in [0, 0.1) is 18.4 Å². The summed E-state index contributed by atoms with van der Waals surface area (Å²) >= 11 is 0. The molecule has 0 amide bonds. The Balaban J connectivity index is 3.26. The zero-order chi connectivity index (χ0) is 9.19. The van der Waals surface area contributed by atoms with E-state index >= 15 is 0 Å². The van der Waals surface area contributed by atoms with Crippen molar-refractivity contribution < 1.29 is 0 Å². The van der Waals surface area contributed by atoms with Gasteiger partial charge < -0.3 is 0 Å². The molecule has 1 rings (SSSR count). The highest BCUT2D eigenvalue weighted by atomic mass is 28.3. The lowest BCUT2D eigenvalue weighted by molar-refractivity contribution is 1.62. The molecule has 0 saturated carbocycles. The van der Waals surface area contributed by atoms with Crippen molar-refractivity contribution in [1.29, 1.82) is 0 Å². The number of terminal acetylenes is 1. The minimum Gasteiger partial charge on any atom is -0.115 e. The summed E-state index contributed by atoms with van der Waals surface area (Å²) in [5.41, 5.74) is 0.941. The van der Waals surface area contributed by atoms with Gasteiger partial charge in [0.2, 0.25) is 0 Å². The smallest absolute Gasteiger partial charge is 0.0792 e. The van der Waals surface area contributed by atoms with Crippen LogP contribution in [-0.4, -0.2) is 8.07 Å². The van der Waals surface area contributed by atoms with Crippen molar-refractivity contribution in [2.45, 2.75) is 19.6 Å². The first kappa shape index (κ1) is 9.09. The molecular weight excluding hydrogens is 160 g/mol. The molecular formula is C11H13Si. The Bertz CT molecular complexity index is 313. The molecule has 0 aliphatic carbocycles. The third-order valence-corrected chi connectivity index (χ3v) is 3.84. The van der Waals surface area contributed by atoms with Crippen LogP contribution in [0.25, 0.3) is 0 Å². The second-order valence-electron chi connectivity index (χ2n) is 3.85. The topological polar surface area (TPSA) is 0 Å². The summed E-state index contributed by atoms with van der Waals surface area (Å²) < 4.78 is 0. The maximum Gasteiger partial charge on any atom is 0.0792 e. The van der Waals surface area contributed by atoms with Crippen molar-refractivity contribution in [2.75, 3.05) is 0 Å². The summed E-state index contributed by atoms with van der Waals surface area (Å²) in [7, 11) is -1.27. The van der Waals surface area contributed by atoms with Gasteiger partial charge in [-0.1, -0.05) is 43.8 Å². The van der Waals surface area contributed by atoms with Crippen molar-refractivity contribution in [3.63, 3.8) is 0 Å². The third kappa shape index (κ3) is 1.78. The summed E-state index contributed by atoms with van der Waals surface area (Å²) in [4.78, 5) is 0. The molecule has 0 saturated heterocycles. The van der Waals surface area contributed by atoms with Crippen molar-refractivity contribution in [3.8, 4) is 12.3 Å². The molecule has 0 unspecified atom stereocenters. The van der Waals surface area contributed by atoms with Gasteiger partial charge in [-0.05, 0) is 11.3 Å². The second-order valence-corrected chi connectivity index (χ2v) is 8.89. The van der Waals surface area contributed by atoms with E-state index in [1.807, 2.05) is 12.1 Å². The van der Waals surface area contributed by atoms with E-state index < -0.39 is 8.07 Å². The first-order valence-corrected chi connectivity index (χ1v) is 7.53. The maximum absolute atomic E-state index is 5.39. The van der Waals surface area contributed by atoms with Crippen molar-refractivity contribution in [3.05, 3.63) is 29.8 Å². The van der Waals surface area contributed by atoms with Crippen LogP contribution in [0.2, 0.25) is 19.6 Å². The highest BCUT2D eigenvalue weighted by molar-refractivity contribution is 6.89. The highest BCUT2D eigenvalue weighted by Gasteiger charge is 2.18. The lowest BCUT2D eigenvalue weighted by Crippen LogP contribution is -2.39. The normalized spacial score (nSPS) is 10.8. The quantitative estimate of drug-likeness (QED) is 0.450.